The van der Waals surface area contributed by atoms with Crippen molar-refractivity contribution in [2.24, 2.45) is 17.6 Å². The number of carbonyl (C=O) groups is 1. The summed E-state index contributed by atoms with van der Waals surface area (Å²) in [4.78, 5) is 14.2. The largest absolute Gasteiger partial charge is 0.355 e. The van der Waals surface area contributed by atoms with Gasteiger partial charge in [-0.25, -0.2) is 0 Å². The van der Waals surface area contributed by atoms with Gasteiger partial charge in [-0.15, -0.1) is 0 Å². The van der Waals surface area contributed by atoms with Gasteiger partial charge < -0.3 is 11.1 Å². The molecule has 1 aromatic carbocycles. The zero-order valence-corrected chi connectivity index (χ0v) is 12.5. The lowest BCUT2D eigenvalue weighted by Crippen LogP contribution is -2.37. The van der Waals surface area contributed by atoms with Gasteiger partial charge in [0.2, 0.25) is 5.91 Å². The third-order valence-corrected chi connectivity index (χ3v) is 4.70. The molecule has 0 radical (unpaired) electrons. The number of rotatable bonds is 6. The fraction of sp³-hybridized carbons (Fsp3) is 0.588. The number of likely N-dealkylation sites (tertiary alicyclic amines) is 1. The average molecular weight is 287 g/mol. The van der Waals surface area contributed by atoms with Crippen LogP contribution >= 0.6 is 0 Å². The Morgan fingerprint density at radius 1 is 1.24 bits per heavy atom. The lowest BCUT2D eigenvalue weighted by Gasteiger charge is -2.16. The normalized spacial score (nSPS) is 26.0. The Morgan fingerprint density at radius 2 is 2.00 bits per heavy atom. The minimum absolute atomic E-state index is 0.159. The second-order valence-electron chi connectivity index (χ2n) is 6.45. The standard InChI is InChI=1S/C17H25N3O/c18-8-15-10-20(12-17(21)19-9-13-6-7-13)11-16(15)14-4-2-1-3-5-14/h1-5,13,15-16H,6-12,18H2,(H,19,21)/t15-,16+/m1/s1. The van der Waals surface area contributed by atoms with Crippen LogP contribution in [0, 0.1) is 11.8 Å². The van der Waals surface area contributed by atoms with Gasteiger partial charge in [-0.3, -0.25) is 9.69 Å². The Balaban J connectivity index is 1.54. The maximum atomic E-state index is 12.0. The number of nitrogens with two attached hydrogens (primary N) is 1. The molecule has 3 N–H and O–H groups in total. The summed E-state index contributed by atoms with van der Waals surface area (Å²) in [6.07, 6.45) is 2.55. The summed E-state index contributed by atoms with van der Waals surface area (Å²) in [7, 11) is 0. The van der Waals surface area contributed by atoms with Crippen LogP contribution in [0.3, 0.4) is 0 Å². The van der Waals surface area contributed by atoms with Gasteiger partial charge in [0.1, 0.15) is 0 Å². The number of benzene rings is 1. The van der Waals surface area contributed by atoms with E-state index in [2.05, 4.69) is 34.5 Å². The van der Waals surface area contributed by atoms with E-state index in [0.29, 0.717) is 24.9 Å². The van der Waals surface area contributed by atoms with Crippen LogP contribution in [-0.2, 0) is 4.79 Å². The van der Waals surface area contributed by atoms with Crippen molar-refractivity contribution in [1.29, 1.82) is 0 Å². The highest BCUT2D eigenvalue weighted by Gasteiger charge is 2.33. The zero-order valence-electron chi connectivity index (χ0n) is 12.5. The molecule has 2 fully saturated rings. The predicted molar refractivity (Wildman–Crippen MR) is 83.9 cm³/mol. The molecule has 3 rings (SSSR count). The van der Waals surface area contributed by atoms with Crippen molar-refractivity contribution in [1.82, 2.24) is 10.2 Å². The maximum Gasteiger partial charge on any atom is 0.234 e. The Hall–Kier alpha value is -1.39. The third kappa shape index (κ3) is 3.83. The number of hydrogen-bond donors (Lipinski definition) is 2. The monoisotopic (exact) mass is 287 g/mol. The Kier molecular flexibility index (Phi) is 4.56. The molecular formula is C17H25N3O. The Bertz CT molecular complexity index is 472. The van der Waals surface area contributed by atoms with Gasteiger partial charge in [0.15, 0.2) is 0 Å². The highest BCUT2D eigenvalue weighted by molar-refractivity contribution is 5.78. The van der Waals surface area contributed by atoms with Crippen molar-refractivity contribution in [3.05, 3.63) is 35.9 Å². The lowest BCUT2D eigenvalue weighted by atomic mass is 9.89. The van der Waals surface area contributed by atoms with Gasteiger partial charge in [-0.1, -0.05) is 30.3 Å². The molecule has 21 heavy (non-hydrogen) atoms. The summed E-state index contributed by atoms with van der Waals surface area (Å²) < 4.78 is 0. The number of amides is 1. The molecule has 0 unspecified atom stereocenters. The van der Waals surface area contributed by atoms with Gasteiger partial charge in [0.25, 0.3) is 0 Å². The molecule has 1 amide bonds. The van der Waals surface area contributed by atoms with Crippen LogP contribution in [0.2, 0.25) is 0 Å². The summed E-state index contributed by atoms with van der Waals surface area (Å²) in [6, 6.07) is 10.5. The van der Waals surface area contributed by atoms with Gasteiger partial charge in [0.05, 0.1) is 6.54 Å². The molecule has 2 aliphatic rings. The third-order valence-electron chi connectivity index (χ3n) is 4.70. The summed E-state index contributed by atoms with van der Waals surface area (Å²) in [5.41, 5.74) is 7.28. The summed E-state index contributed by atoms with van der Waals surface area (Å²) in [5.74, 6) is 1.80. The number of nitrogens with one attached hydrogen (secondary N) is 1. The fourth-order valence-electron chi connectivity index (χ4n) is 3.25. The molecule has 4 heteroatoms. The van der Waals surface area contributed by atoms with Gasteiger partial charge in [0, 0.05) is 25.6 Å². The van der Waals surface area contributed by atoms with Crippen LogP contribution < -0.4 is 11.1 Å². The highest BCUT2D eigenvalue weighted by atomic mass is 16.2. The first-order chi connectivity index (χ1) is 10.3. The molecule has 2 atom stereocenters. The molecule has 1 aliphatic heterocycles. The molecule has 1 heterocycles. The maximum absolute atomic E-state index is 12.0. The van der Waals surface area contributed by atoms with Crippen molar-refractivity contribution in [2.45, 2.75) is 18.8 Å². The van der Waals surface area contributed by atoms with Crippen molar-refractivity contribution in [2.75, 3.05) is 32.7 Å². The van der Waals surface area contributed by atoms with Crippen LogP contribution in [0.1, 0.15) is 24.3 Å². The average Bonchev–Trinajstić information content (AvgIpc) is 3.26. The van der Waals surface area contributed by atoms with E-state index < -0.39 is 0 Å². The molecule has 114 valence electrons. The van der Waals surface area contributed by atoms with E-state index in [-0.39, 0.29) is 5.91 Å². The van der Waals surface area contributed by atoms with Crippen molar-refractivity contribution in [3.63, 3.8) is 0 Å². The predicted octanol–water partition coefficient (Wildman–Crippen LogP) is 1.19. The summed E-state index contributed by atoms with van der Waals surface area (Å²) in [6.45, 7) is 3.90. The first-order valence-corrected chi connectivity index (χ1v) is 8.00. The number of hydrogen-bond acceptors (Lipinski definition) is 3. The van der Waals surface area contributed by atoms with Gasteiger partial charge in [-0.2, -0.15) is 0 Å². The minimum atomic E-state index is 0.159. The number of carbonyl (C=O) groups excluding carboxylic acids is 1. The molecule has 1 aliphatic carbocycles. The Labute approximate surface area is 126 Å². The Morgan fingerprint density at radius 3 is 2.67 bits per heavy atom. The molecule has 0 spiro atoms. The van der Waals surface area contributed by atoms with E-state index in [1.165, 1.54) is 18.4 Å². The molecule has 1 aromatic rings. The van der Waals surface area contributed by atoms with E-state index >= 15 is 0 Å². The van der Waals surface area contributed by atoms with Crippen LogP contribution in [0.5, 0.6) is 0 Å². The van der Waals surface area contributed by atoms with E-state index in [1.54, 1.807) is 0 Å². The van der Waals surface area contributed by atoms with Crippen LogP contribution in [0.25, 0.3) is 0 Å². The van der Waals surface area contributed by atoms with Crippen molar-refractivity contribution < 1.29 is 4.79 Å². The second-order valence-corrected chi connectivity index (χ2v) is 6.45. The van der Waals surface area contributed by atoms with Crippen molar-refractivity contribution in [3.8, 4) is 0 Å². The number of nitrogens with zero attached hydrogens (tertiary/aromatic N) is 1. The van der Waals surface area contributed by atoms with E-state index in [0.717, 1.165) is 25.6 Å². The zero-order chi connectivity index (χ0) is 14.7. The second kappa shape index (κ2) is 6.58. The van der Waals surface area contributed by atoms with Crippen LogP contribution in [0.4, 0.5) is 0 Å². The smallest absolute Gasteiger partial charge is 0.234 e. The molecule has 1 saturated carbocycles. The first kappa shape index (κ1) is 14.5. The summed E-state index contributed by atoms with van der Waals surface area (Å²) >= 11 is 0. The summed E-state index contributed by atoms with van der Waals surface area (Å²) in [5, 5.41) is 3.05. The van der Waals surface area contributed by atoms with Crippen LogP contribution in [-0.4, -0.2) is 43.5 Å². The fourth-order valence-corrected chi connectivity index (χ4v) is 3.25. The minimum Gasteiger partial charge on any atom is -0.355 e. The SMILES string of the molecule is NC[C@@H]1CN(CC(=O)NCC2CC2)C[C@H]1c1ccccc1. The lowest BCUT2D eigenvalue weighted by molar-refractivity contribution is -0.122. The van der Waals surface area contributed by atoms with E-state index in [9.17, 15) is 4.79 Å². The van der Waals surface area contributed by atoms with Crippen molar-refractivity contribution >= 4 is 5.91 Å². The topological polar surface area (TPSA) is 58.4 Å². The van der Waals surface area contributed by atoms with E-state index in [1.807, 2.05) is 6.07 Å². The molecule has 4 nitrogen and oxygen atoms in total. The highest BCUT2D eigenvalue weighted by Crippen LogP contribution is 2.31. The molecule has 0 bridgehead atoms. The molecule has 1 saturated heterocycles. The molecular weight excluding hydrogens is 262 g/mol. The molecule has 0 aromatic heterocycles. The first-order valence-electron chi connectivity index (χ1n) is 8.00. The van der Waals surface area contributed by atoms with E-state index in [4.69, 9.17) is 5.73 Å². The van der Waals surface area contributed by atoms with Gasteiger partial charge in [-0.05, 0) is 36.8 Å². The van der Waals surface area contributed by atoms with Crippen LogP contribution in [0.15, 0.2) is 30.3 Å². The quantitative estimate of drug-likeness (QED) is 0.826. The van der Waals surface area contributed by atoms with Gasteiger partial charge >= 0.3 is 0 Å².